The number of benzene rings is 2. The smallest absolute Gasteiger partial charge is 0.247 e. The summed E-state index contributed by atoms with van der Waals surface area (Å²) in [7, 11) is 0. The zero-order valence-corrected chi connectivity index (χ0v) is 21.4. The molecule has 8 heteroatoms. The number of aromatic nitrogens is 5. The summed E-state index contributed by atoms with van der Waals surface area (Å²) in [5, 5.41) is 13.0. The van der Waals surface area contributed by atoms with Gasteiger partial charge in [0, 0.05) is 17.8 Å². The van der Waals surface area contributed by atoms with E-state index in [4.69, 9.17) is 0 Å². The van der Waals surface area contributed by atoms with Gasteiger partial charge in [-0.25, -0.2) is 9.67 Å². The Kier molecular flexibility index (Phi) is 6.21. The molecule has 0 aliphatic rings. The molecule has 3 aromatic heterocycles. The summed E-state index contributed by atoms with van der Waals surface area (Å²) in [6, 6.07) is 18.7. The van der Waals surface area contributed by atoms with Crippen LogP contribution in [0, 0.1) is 20.8 Å². The molecule has 1 N–H and O–H groups in total. The van der Waals surface area contributed by atoms with Crippen LogP contribution in [0.3, 0.4) is 0 Å². The van der Waals surface area contributed by atoms with Gasteiger partial charge in [0.05, 0.1) is 16.7 Å². The predicted octanol–water partition coefficient (Wildman–Crippen LogP) is 5.67. The molecule has 0 fully saturated rings. The van der Waals surface area contributed by atoms with Crippen LogP contribution in [0.5, 0.6) is 0 Å². The highest BCUT2D eigenvalue weighted by Gasteiger charge is 2.17. The van der Waals surface area contributed by atoms with Crippen molar-refractivity contribution in [3.05, 3.63) is 93.8 Å². The van der Waals surface area contributed by atoms with E-state index in [2.05, 4.69) is 98.8 Å². The lowest BCUT2D eigenvalue weighted by atomic mass is 10.0. The summed E-state index contributed by atoms with van der Waals surface area (Å²) in [6.45, 7) is 6.72. The summed E-state index contributed by atoms with van der Waals surface area (Å²) in [4.78, 5) is 17.4. The molecule has 35 heavy (non-hydrogen) atoms. The molecule has 0 saturated carbocycles. The van der Waals surface area contributed by atoms with Crippen molar-refractivity contribution in [3.8, 4) is 11.1 Å². The van der Waals surface area contributed by atoms with Crippen molar-refractivity contribution in [3.63, 3.8) is 0 Å². The number of amides is 1. The summed E-state index contributed by atoms with van der Waals surface area (Å²) in [6.07, 6.45) is 3.62. The SMILES string of the molecule is Cc1ccc(Cn2cc(Br)c(NC(=O)Cn3nc(C)c4c(-c5ccc(C)cc5)ccnc43)n2)cc1. The molecule has 5 rings (SSSR count). The van der Waals surface area contributed by atoms with Gasteiger partial charge in [-0.1, -0.05) is 59.7 Å². The van der Waals surface area contributed by atoms with Crippen LogP contribution >= 0.6 is 15.9 Å². The van der Waals surface area contributed by atoms with Gasteiger partial charge in [0.15, 0.2) is 11.5 Å². The van der Waals surface area contributed by atoms with Gasteiger partial charge in [0.2, 0.25) is 5.91 Å². The van der Waals surface area contributed by atoms with Gasteiger partial charge in [-0.2, -0.15) is 10.2 Å². The number of pyridine rings is 1. The zero-order valence-electron chi connectivity index (χ0n) is 19.8. The van der Waals surface area contributed by atoms with Gasteiger partial charge in [-0.15, -0.1) is 0 Å². The van der Waals surface area contributed by atoms with Crippen LogP contribution in [-0.4, -0.2) is 30.5 Å². The lowest BCUT2D eigenvalue weighted by molar-refractivity contribution is -0.116. The molecule has 0 saturated heterocycles. The Balaban J connectivity index is 1.35. The normalized spacial score (nSPS) is 11.2. The monoisotopic (exact) mass is 528 g/mol. The second-order valence-electron chi connectivity index (χ2n) is 8.72. The fourth-order valence-electron chi connectivity index (χ4n) is 4.12. The molecule has 0 unspecified atom stereocenters. The fraction of sp³-hybridized carbons (Fsp3) is 0.185. The van der Waals surface area contributed by atoms with Gasteiger partial charge in [-0.3, -0.25) is 9.48 Å². The quantitative estimate of drug-likeness (QED) is 0.308. The van der Waals surface area contributed by atoms with Crippen LogP contribution in [0.4, 0.5) is 5.82 Å². The summed E-state index contributed by atoms with van der Waals surface area (Å²) in [5.41, 5.74) is 7.22. The maximum atomic E-state index is 12.9. The van der Waals surface area contributed by atoms with E-state index in [1.807, 2.05) is 19.2 Å². The molecular weight excluding hydrogens is 504 g/mol. The number of carbonyl (C=O) groups excluding carboxylic acids is 1. The van der Waals surface area contributed by atoms with Crippen LogP contribution < -0.4 is 5.32 Å². The average Bonchev–Trinajstić information content (AvgIpc) is 3.34. The molecular formula is C27H25BrN6O. The summed E-state index contributed by atoms with van der Waals surface area (Å²) in [5.74, 6) is 0.252. The Bertz CT molecular complexity index is 1520. The van der Waals surface area contributed by atoms with Gasteiger partial charge in [-0.05, 0) is 59.5 Å². The number of hydrogen-bond donors (Lipinski definition) is 1. The molecule has 176 valence electrons. The third kappa shape index (κ3) is 4.88. The molecule has 0 bridgehead atoms. The standard InChI is InChI=1S/C27H25BrN6O/c1-17-4-8-20(9-5-17)14-33-15-23(28)26(32-33)30-24(35)16-34-27-25(19(3)31-34)22(12-13-29-27)21-10-6-18(2)7-11-21/h4-13,15H,14,16H2,1-3H3,(H,30,32,35). The first-order valence-electron chi connectivity index (χ1n) is 11.3. The van der Waals surface area contributed by atoms with Crippen molar-refractivity contribution in [1.82, 2.24) is 24.5 Å². The van der Waals surface area contributed by atoms with E-state index in [1.165, 1.54) is 11.1 Å². The molecule has 0 spiro atoms. The Morgan fingerprint density at radius 3 is 2.34 bits per heavy atom. The Labute approximate surface area is 211 Å². The maximum absolute atomic E-state index is 12.9. The third-order valence-corrected chi connectivity index (χ3v) is 6.48. The van der Waals surface area contributed by atoms with E-state index in [0.29, 0.717) is 18.0 Å². The van der Waals surface area contributed by atoms with Crippen LogP contribution in [0.25, 0.3) is 22.2 Å². The molecule has 3 heterocycles. The molecule has 1 amide bonds. The zero-order chi connectivity index (χ0) is 24.5. The minimum atomic E-state index is -0.224. The number of nitrogens with one attached hydrogen (secondary N) is 1. The van der Waals surface area contributed by atoms with Crippen LogP contribution in [0.2, 0.25) is 0 Å². The van der Waals surface area contributed by atoms with Crippen molar-refractivity contribution in [1.29, 1.82) is 0 Å². The number of anilines is 1. The van der Waals surface area contributed by atoms with E-state index >= 15 is 0 Å². The molecule has 0 aliphatic carbocycles. The van der Waals surface area contributed by atoms with E-state index < -0.39 is 0 Å². The second kappa shape index (κ2) is 9.46. The van der Waals surface area contributed by atoms with Gasteiger partial charge < -0.3 is 5.32 Å². The maximum Gasteiger partial charge on any atom is 0.247 e. The number of aryl methyl sites for hydroxylation is 3. The molecule has 5 aromatic rings. The second-order valence-corrected chi connectivity index (χ2v) is 9.58. The minimum absolute atomic E-state index is 0.0337. The highest BCUT2D eigenvalue weighted by molar-refractivity contribution is 9.10. The topological polar surface area (TPSA) is 77.6 Å². The largest absolute Gasteiger partial charge is 0.307 e. The minimum Gasteiger partial charge on any atom is -0.307 e. The number of fused-ring (bicyclic) bond motifs is 1. The first-order valence-corrected chi connectivity index (χ1v) is 12.1. The lowest BCUT2D eigenvalue weighted by Gasteiger charge is -2.06. The number of nitrogens with zero attached hydrogens (tertiary/aromatic N) is 5. The fourth-order valence-corrected chi connectivity index (χ4v) is 4.53. The van der Waals surface area contributed by atoms with Gasteiger partial charge in [0.25, 0.3) is 0 Å². The number of hydrogen-bond acceptors (Lipinski definition) is 4. The Morgan fingerprint density at radius 1 is 0.943 bits per heavy atom. The van der Waals surface area contributed by atoms with Crippen molar-refractivity contribution in [2.24, 2.45) is 0 Å². The summed E-state index contributed by atoms with van der Waals surface area (Å²) < 4.78 is 4.17. The Morgan fingerprint density at radius 2 is 1.63 bits per heavy atom. The van der Waals surface area contributed by atoms with Gasteiger partial charge >= 0.3 is 0 Å². The number of halogens is 1. The van der Waals surface area contributed by atoms with Crippen LogP contribution in [0.15, 0.2) is 71.5 Å². The van der Waals surface area contributed by atoms with E-state index in [1.54, 1.807) is 15.6 Å². The van der Waals surface area contributed by atoms with Gasteiger partial charge in [0.1, 0.15) is 6.54 Å². The molecule has 0 atom stereocenters. The summed E-state index contributed by atoms with van der Waals surface area (Å²) >= 11 is 3.51. The third-order valence-electron chi connectivity index (χ3n) is 5.90. The predicted molar refractivity (Wildman–Crippen MR) is 141 cm³/mol. The van der Waals surface area contributed by atoms with E-state index in [0.717, 1.165) is 32.2 Å². The number of rotatable bonds is 6. The van der Waals surface area contributed by atoms with E-state index in [-0.39, 0.29) is 12.5 Å². The number of carbonyl (C=O) groups is 1. The average molecular weight is 529 g/mol. The van der Waals surface area contributed by atoms with Crippen LogP contribution in [-0.2, 0) is 17.9 Å². The van der Waals surface area contributed by atoms with Crippen molar-refractivity contribution >= 4 is 38.7 Å². The van der Waals surface area contributed by atoms with Crippen LogP contribution in [0.1, 0.15) is 22.4 Å². The van der Waals surface area contributed by atoms with Crippen molar-refractivity contribution in [2.45, 2.75) is 33.9 Å². The Hall–Kier alpha value is -3.78. The van der Waals surface area contributed by atoms with Crippen molar-refractivity contribution < 1.29 is 4.79 Å². The highest BCUT2D eigenvalue weighted by atomic mass is 79.9. The molecule has 0 radical (unpaired) electrons. The molecule has 0 aliphatic heterocycles. The first-order chi connectivity index (χ1) is 16.9. The molecule has 2 aromatic carbocycles. The van der Waals surface area contributed by atoms with E-state index in [9.17, 15) is 4.79 Å². The van der Waals surface area contributed by atoms with Crippen molar-refractivity contribution in [2.75, 3.05) is 5.32 Å². The highest BCUT2D eigenvalue weighted by Crippen LogP contribution is 2.30. The first kappa shape index (κ1) is 23.0. The lowest BCUT2D eigenvalue weighted by Crippen LogP contribution is -2.20. The molecule has 7 nitrogen and oxygen atoms in total.